The molecular weight excluding hydrogens is 182 g/mol. The summed E-state index contributed by atoms with van der Waals surface area (Å²) in [6, 6.07) is 8.90. The molecule has 0 saturated heterocycles. The highest BCUT2D eigenvalue weighted by molar-refractivity contribution is 5.30. The molecule has 0 aliphatic rings. The SMILES string of the molecule is CCC(C)(C)c1ccc(C(C)(C)[NH3+])cc1. The van der Waals surface area contributed by atoms with Gasteiger partial charge in [-0.3, -0.25) is 0 Å². The number of rotatable bonds is 3. The first-order valence-electron chi connectivity index (χ1n) is 5.74. The lowest BCUT2D eigenvalue weighted by Gasteiger charge is -2.24. The predicted octanol–water partition coefficient (Wildman–Crippen LogP) is 2.85. The third-order valence-electron chi connectivity index (χ3n) is 3.33. The van der Waals surface area contributed by atoms with Crippen LogP contribution in [0.3, 0.4) is 0 Å². The van der Waals surface area contributed by atoms with E-state index in [4.69, 9.17) is 0 Å². The van der Waals surface area contributed by atoms with Gasteiger partial charge in [0, 0.05) is 5.56 Å². The number of hydrogen-bond donors (Lipinski definition) is 1. The maximum atomic E-state index is 4.15. The van der Waals surface area contributed by atoms with Gasteiger partial charge in [-0.05, 0) is 31.2 Å². The molecule has 0 aromatic heterocycles. The monoisotopic (exact) mass is 206 g/mol. The van der Waals surface area contributed by atoms with Crippen molar-refractivity contribution in [3.05, 3.63) is 35.4 Å². The van der Waals surface area contributed by atoms with Crippen LogP contribution in [0.4, 0.5) is 0 Å². The molecule has 0 aliphatic carbocycles. The largest absolute Gasteiger partial charge is 0.349 e. The average Bonchev–Trinajstić information content (AvgIpc) is 2.17. The predicted molar refractivity (Wildman–Crippen MR) is 65.7 cm³/mol. The van der Waals surface area contributed by atoms with Crippen molar-refractivity contribution in [2.75, 3.05) is 0 Å². The second-order valence-corrected chi connectivity index (χ2v) is 5.70. The van der Waals surface area contributed by atoms with Crippen LogP contribution in [0.15, 0.2) is 24.3 Å². The Hall–Kier alpha value is -0.820. The van der Waals surface area contributed by atoms with Crippen molar-refractivity contribution in [3.63, 3.8) is 0 Å². The fourth-order valence-electron chi connectivity index (χ4n) is 1.58. The molecule has 0 saturated carbocycles. The first kappa shape index (κ1) is 12.3. The molecular formula is C14H24N+. The van der Waals surface area contributed by atoms with Gasteiger partial charge in [0.1, 0.15) is 5.54 Å². The zero-order chi connectivity index (χ0) is 11.7. The van der Waals surface area contributed by atoms with Crippen LogP contribution in [0.1, 0.15) is 52.2 Å². The lowest BCUT2D eigenvalue weighted by molar-refractivity contribution is -0.475. The zero-order valence-electron chi connectivity index (χ0n) is 10.7. The van der Waals surface area contributed by atoms with Crippen molar-refractivity contribution in [1.82, 2.24) is 0 Å². The van der Waals surface area contributed by atoms with E-state index in [1.54, 1.807) is 0 Å². The lowest BCUT2D eigenvalue weighted by Crippen LogP contribution is -2.66. The van der Waals surface area contributed by atoms with Crippen molar-refractivity contribution in [1.29, 1.82) is 0 Å². The Morgan fingerprint density at radius 3 is 1.67 bits per heavy atom. The van der Waals surface area contributed by atoms with E-state index in [1.165, 1.54) is 17.5 Å². The summed E-state index contributed by atoms with van der Waals surface area (Å²) in [5.74, 6) is 0. The summed E-state index contributed by atoms with van der Waals surface area (Å²) in [4.78, 5) is 0. The van der Waals surface area contributed by atoms with Gasteiger partial charge in [-0.2, -0.15) is 0 Å². The minimum atomic E-state index is 0.00882. The minimum Gasteiger partial charge on any atom is -0.349 e. The Morgan fingerprint density at radius 1 is 0.933 bits per heavy atom. The molecule has 0 radical (unpaired) electrons. The molecule has 3 N–H and O–H groups in total. The molecule has 84 valence electrons. The quantitative estimate of drug-likeness (QED) is 0.787. The van der Waals surface area contributed by atoms with Crippen molar-refractivity contribution in [3.8, 4) is 0 Å². The Morgan fingerprint density at radius 2 is 1.33 bits per heavy atom. The van der Waals surface area contributed by atoms with Crippen LogP contribution in [0.5, 0.6) is 0 Å². The van der Waals surface area contributed by atoms with Gasteiger partial charge in [-0.25, -0.2) is 0 Å². The first-order valence-corrected chi connectivity index (χ1v) is 5.74. The van der Waals surface area contributed by atoms with E-state index in [1.807, 2.05) is 0 Å². The lowest BCUT2D eigenvalue weighted by atomic mass is 9.81. The number of benzene rings is 1. The van der Waals surface area contributed by atoms with Gasteiger partial charge in [0.25, 0.3) is 0 Å². The maximum Gasteiger partial charge on any atom is 0.114 e. The zero-order valence-corrected chi connectivity index (χ0v) is 10.7. The molecule has 0 fully saturated rings. The molecule has 1 rings (SSSR count). The Bertz CT molecular complexity index is 314. The summed E-state index contributed by atoms with van der Waals surface area (Å²) in [5.41, 5.74) is 7.16. The standard InChI is InChI=1S/C14H23N/c1-6-13(2,3)11-7-9-12(10-8-11)14(4,5)15/h7-10H,6,15H2,1-5H3/p+1. The smallest absolute Gasteiger partial charge is 0.114 e. The second kappa shape index (κ2) is 3.97. The topological polar surface area (TPSA) is 27.6 Å². The van der Waals surface area contributed by atoms with Crippen LogP contribution in [0, 0.1) is 0 Å². The maximum absolute atomic E-state index is 4.15. The summed E-state index contributed by atoms with van der Waals surface area (Å²) in [7, 11) is 0. The van der Waals surface area contributed by atoms with E-state index in [9.17, 15) is 0 Å². The highest BCUT2D eigenvalue weighted by atomic mass is 14.7. The summed E-state index contributed by atoms with van der Waals surface area (Å²) in [5, 5.41) is 0. The van der Waals surface area contributed by atoms with E-state index in [0.29, 0.717) is 0 Å². The minimum absolute atomic E-state index is 0.00882. The van der Waals surface area contributed by atoms with E-state index < -0.39 is 0 Å². The molecule has 0 amide bonds. The molecule has 0 aliphatic heterocycles. The Balaban J connectivity index is 3.01. The van der Waals surface area contributed by atoms with E-state index in [2.05, 4.69) is 64.6 Å². The van der Waals surface area contributed by atoms with Gasteiger partial charge in [-0.1, -0.05) is 45.0 Å². The van der Waals surface area contributed by atoms with Crippen molar-refractivity contribution in [2.24, 2.45) is 0 Å². The van der Waals surface area contributed by atoms with Crippen LogP contribution < -0.4 is 5.73 Å². The van der Waals surface area contributed by atoms with Crippen LogP contribution in [-0.4, -0.2) is 0 Å². The highest BCUT2D eigenvalue weighted by Gasteiger charge is 2.21. The normalized spacial score (nSPS) is 12.9. The molecule has 1 nitrogen and oxygen atoms in total. The van der Waals surface area contributed by atoms with Gasteiger partial charge >= 0.3 is 0 Å². The third kappa shape index (κ3) is 2.82. The number of quaternary nitrogens is 1. The van der Waals surface area contributed by atoms with E-state index >= 15 is 0 Å². The summed E-state index contributed by atoms with van der Waals surface area (Å²) in [6.45, 7) is 11.1. The molecule has 0 spiro atoms. The molecule has 0 heterocycles. The average molecular weight is 206 g/mol. The molecule has 0 unspecified atom stereocenters. The fraction of sp³-hybridized carbons (Fsp3) is 0.571. The van der Waals surface area contributed by atoms with Gasteiger partial charge in [-0.15, -0.1) is 0 Å². The third-order valence-corrected chi connectivity index (χ3v) is 3.33. The van der Waals surface area contributed by atoms with Gasteiger partial charge in [0.15, 0.2) is 0 Å². The van der Waals surface area contributed by atoms with Crippen molar-refractivity contribution in [2.45, 2.75) is 52.0 Å². The van der Waals surface area contributed by atoms with Crippen LogP contribution in [0.2, 0.25) is 0 Å². The summed E-state index contributed by atoms with van der Waals surface area (Å²) in [6.07, 6.45) is 1.17. The Labute approximate surface area is 93.7 Å². The van der Waals surface area contributed by atoms with Crippen LogP contribution in [0.25, 0.3) is 0 Å². The van der Waals surface area contributed by atoms with Crippen LogP contribution >= 0.6 is 0 Å². The van der Waals surface area contributed by atoms with Crippen LogP contribution in [-0.2, 0) is 11.0 Å². The van der Waals surface area contributed by atoms with Crippen molar-refractivity contribution >= 4 is 0 Å². The molecule has 15 heavy (non-hydrogen) atoms. The Kier molecular flexibility index (Phi) is 3.25. The van der Waals surface area contributed by atoms with Gasteiger partial charge in [0.2, 0.25) is 0 Å². The van der Waals surface area contributed by atoms with Crippen molar-refractivity contribution < 1.29 is 5.73 Å². The fourth-order valence-corrected chi connectivity index (χ4v) is 1.58. The molecule has 1 aromatic carbocycles. The molecule has 0 bridgehead atoms. The highest BCUT2D eigenvalue weighted by Crippen LogP contribution is 2.27. The molecule has 1 aromatic rings. The van der Waals surface area contributed by atoms with Gasteiger partial charge in [0.05, 0.1) is 0 Å². The van der Waals surface area contributed by atoms with E-state index in [-0.39, 0.29) is 11.0 Å². The second-order valence-electron chi connectivity index (χ2n) is 5.70. The molecule has 1 heteroatoms. The number of hydrogen-bond acceptors (Lipinski definition) is 0. The molecule has 0 atom stereocenters. The first-order chi connectivity index (χ1) is 6.77. The summed E-state index contributed by atoms with van der Waals surface area (Å²) >= 11 is 0. The van der Waals surface area contributed by atoms with Gasteiger partial charge < -0.3 is 5.73 Å². The van der Waals surface area contributed by atoms with E-state index in [0.717, 1.165) is 0 Å². The summed E-state index contributed by atoms with van der Waals surface area (Å²) < 4.78 is 0.